The number of halogens is 8. The summed E-state index contributed by atoms with van der Waals surface area (Å²) in [5, 5.41) is -0.815. The molecule has 0 heterocycles. The lowest BCUT2D eigenvalue weighted by Gasteiger charge is -2.20. The van der Waals surface area contributed by atoms with Crippen LogP contribution in [0, 0.1) is 29.1 Å². The fourth-order valence-corrected chi connectivity index (χ4v) is 3.28. The highest BCUT2D eigenvalue weighted by Gasteiger charge is 2.38. The molecule has 0 radical (unpaired) electrons. The first-order valence-electron chi connectivity index (χ1n) is 9.03. The Kier molecular flexibility index (Phi) is 6.50. The lowest BCUT2D eigenvalue weighted by Crippen LogP contribution is -2.23. The second-order valence-electron chi connectivity index (χ2n) is 6.66. The van der Waals surface area contributed by atoms with Crippen molar-refractivity contribution < 1.29 is 35.5 Å². The summed E-state index contributed by atoms with van der Waals surface area (Å²) in [7, 11) is 0. The number of rotatable bonds is 6. The zero-order chi connectivity index (χ0) is 22.9. The molecule has 3 aromatic carbocycles. The molecule has 0 atom stereocenters. The summed E-state index contributed by atoms with van der Waals surface area (Å²) >= 11 is 5.75. The van der Waals surface area contributed by atoms with E-state index in [9.17, 15) is 30.7 Å². The van der Waals surface area contributed by atoms with E-state index in [1.54, 1.807) is 6.92 Å². The molecule has 0 aromatic heterocycles. The molecule has 0 aliphatic carbocycles. The molecule has 0 unspecified atom stereocenters. The molecule has 0 aliphatic rings. The molecular formula is C22H14ClF7O. The lowest BCUT2D eigenvalue weighted by molar-refractivity contribution is -0.185. The van der Waals surface area contributed by atoms with Gasteiger partial charge in [0, 0.05) is 11.6 Å². The first-order chi connectivity index (χ1) is 14.5. The van der Waals surface area contributed by atoms with E-state index in [0.29, 0.717) is 31.0 Å². The molecule has 9 heteroatoms. The highest BCUT2D eigenvalue weighted by molar-refractivity contribution is 6.31. The van der Waals surface area contributed by atoms with Crippen molar-refractivity contribution in [1.29, 1.82) is 0 Å². The van der Waals surface area contributed by atoms with Gasteiger partial charge in [-0.25, -0.2) is 22.0 Å². The van der Waals surface area contributed by atoms with Crippen molar-refractivity contribution >= 4 is 11.6 Å². The van der Waals surface area contributed by atoms with Crippen LogP contribution in [0.15, 0.2) is 42.5 Å². The Labute approximate surface area is 178 Å². The maximum absolute atomic E-state index is 14.6. The monoisotopic (exact) mass is 462 g/mol. The minimum absolute atomic E-state index is 0.168. The van der Waals surface area contributed by atoms with Gasteiger partial charge in [0.05, 0.1) is 10.6 Å². The summed E-state index contributed by atoms with van der Waals surface area (Å²) < 4.78 is 102. The second-order valence-corrected chi connectivity index (χ2v) is 7.04. The smallest absolute Gasteiger partial charge is 0.428 e. The maximum Gasteiger partial charge on any atom is 0.428 e. The summed E-state index contributed by atoms with van der Waals surface area (Å²) in [5.74, 6) is -7.60. The Hall–Kier alpha value is -2.74. The zero-order valence-electron chi connectivity index (χ0n) is 15.9. The van der Waals surface area contributed by atoms with Crippen LogP contribution in [-0.2, 0) is 12.5 Å². The summed E-state index contributed by atoms with van der Waals surface area (Å²) in [6, 6.07) is 5.61. The van der Waals surface area contributed by atoms with Gasteiger partial charge in [0.25, 0.3) is 0 Å². The Bertz CT molecular complexity index is 1110. The van der Waals surface area contributed by atoms with Crippen LogP contribution in [0.5, 0.6) is 5.75 Å². The fraction of sp³-hybridized carbons (Fsp3) is 0.182. The average Bonchev–Trinajstić information content (AvgIpc) is 2.69. The third-order valence-electron chi connectivity index (χ3n) is 4.48. The predicted molar refractivity (Wildman–Crippen MR) is 102 cm³/mol. The van der Waals surface area contributed by atoms with Gasteiger partial charge in [-0.05, 0) is 47.9 Å². The number of aryl methyl sites for hydroxylation is 1. The van der Waals surface area contributed by atoms with E-state index in [2.05, 4.69) is 4.74 Å². The Morgan fingerprint density at radius 1 is 0.839 bits per heavy atom. The van der Waals surface area contributed by atoms with E-state index >= 15 is 0 Å². The van der Waals surface area contributed by atoms with E-state index in [0.717, 1.165) is 18.2 Å². The molecule has 0 N–H and O–H groups in total. The van der Waals surface area contributed by atoms with Gasteiger partial charge in [0.1, 0.15) is 17.4 Å². The van der Waals surface area contributed by atoms with Gasteiger partial charge in [-0.1, -0.05) is 31.0 Å². The van der Waals surface area contributed by atoms with Crippen LogP contribution in [0.25, 0.3) is 11.1 Å². The Balaban J connectivity index is 1.91. The second kappa shape index (κ2) is 8.78. The normalized spacial score (nSPS) is 11.6. The highest BCUT2D eigenvalue weighted by Crippen LogP contribution is 2.39. The first kappa shape index (κ1) is 22.9. The standard InChI is InChI=1S/C22H14ClF7O/c1-2-3-11-4-7-15(19(23)20(11)27)22(29,30)31-13-5-6-14(16(24)10-13)12-8-17(25)21(28)18(26)9-12/h4-10H,2-3H2,1H3. The van der Waals surface area contributed by atoms with Crippen LogP contribution in [0.2, 0.25) is 5.02 Å². The number of hydrogen-bond donors (Lipinski definition) is 0. The van der Waals surface area contributed by atoms with Crippen LogP contribution in [0.4, 0.5) is 30.7 Å². The first-order valence-corrected chi connectivity index (χ1v) is 9.41. The van der Waals surface area contributed by atoms with Gasteiger partial charge in [-0.2, -0.15) is 8.78 Å². The van der Waals surface area contributed by atoms with Crippen LogP contribution in [-0.4, -0.2) is 0 Å². The number of alkyl halides is 2. The number of ether oxygens (including phenoxy) is 1. The molecule has 0 spiro atoms. The topological polar surface area (TPSA) is 9.23 Å². The van der Waals surface area contributed by atoms with Gasteiger partial charge in [0.2, 0.25) is 0 Å². The Morgan fingerprint density at radius 2 is 1.48 bits per heavy atom. The van der Waals surface area contributed by atoms with Crippen molar-refractivity contribution in [3.63, 3.8) is 0 Å². The molecule has 31 heavy (non-hydrogen) atoms. The quantitative estimate of drug-likeness (QED) is 0.268. The van der Waals surface area contributed by atoms with E-state index in [4.69, 9.17) is 11.6 Å². The van der Waals surface area contributed by atoms with Crippen LogP contribution >= 0.6 is 11.6 Å². The zero-order valence-corrected chi connectivity index (χ0v) is 16.6. The molecule has 3 rings (SSSR count). The van der Waals surface area contributed by atoms with Crippen LogP contribution in [0.3, 0.4) is 0 Å². The van der Waals surface area contributed by atoms with E-state index in [1.165, 1.54) is 6.07 Å². The molecule has 0 aliphatic heterocycles. The molecule has 1 nitrogen and oxygen atoms in total. The van der Waals surface area contributed by atoms with Crippen molar-refractivity contribution in [2.45, 2.75) is 25.9 Å². The fourth-order valence-electron chi connectivity index (χ4n) is 2.98. The van der Waals surface area contributed by atoms with Gasteiger partial charge < -0.3 is 4.74 Å². The summed E-state index contributed by atoms with van der Waals surface area (Å²) in [5.41, 5.74) is -1.50. The van der Waals surface area contributed by atoms with E-state index in [1.807, 2.05) is 0 Å². The van der Waals surface area contributed by atoms with Crippen molar-refractivity contribution in [2.24, 2.45) is 0 Å². The van der Waals surface area contributed by atoms with Gasteiger partial charge in [-0.15, -0.1) is 0 Å². The van der Waals surface area contributed by atoms with Crippen molar-refractivity contribution in [2.75, 3.05) is 0 Å². The molecule has 164 valence electrons. The van der Waals surface area contributed by atoms with Gasteiger partial charge in [0.15, 0.2) is 17.5 Å². The van der Waals surface area contributed by atoms with E-state index < -0.39 is 51.5 Å². The molecule has 3 aromatic rings. The maximum atomic E-state index is 14.6. The predicted octanol–water partition coefficient (Wildman–Crippen LogP) is 7.78. The largest absolute Gasteiger partial charge is 0.429 e. The van der Waals surface area contributed by atoms with Crippen molar-refractivity contribution in [3.05, 3.63) is 87.7 Å². The SMILES string of the molecule is CCCc1ccc(C(F)(F)Oc2ccc(-c3cc(F)c(F)c(F)c3)c(F)c2)c(Cl)c1F. The molecule has 0 amide bonds. The van der Waals surface area contributed by atoms with Gasteiger partial charge in [-0.3, -0.25) is 0 Å². The minimum Gasteiger partial charge on any atom is -0.429 e. The van der Waals surface area contributed by atoms with E-state index in [-0.39, 0.29) is 16.7 Å². The third-order valence-corrected chi connectivity index (χ3v) is 4.85. The molecular weight excluding hydrogens is 449 g/mol. The van der Waals surface area contributed by atoms with Crippen molar-refractivity contribution in [1.82, 2.24) is 0 Å². The van der Waals surface area contributed by atoms with Crippen LogP contribution < -0.4 is 4.74 Å². The van der Waals surface area contributed by atoms with Crippen molar-refractivity contribution in [3.8, 4) is 16.9 Å². The number of benzene rings is 3. The lowest BCUT2D eigenvalue weighted by atomic mass is 10.0. The molecule has 0 saturated carbocycles. The molecule has 0 fully saturated rings. The molecule has 0 bridgehead atoms. The summed E-state index contributed by atoms with van der Waals surface area (Å²) in [4.78, 5) is 0. The summed E-state index contributed by atoms with van der Waals surface area (Å²) in [6.07, 6.45) is -3.23. The van der Waals surface area contributed by atoms with Gasteiger partial charge >= 0.3 is 6.11 Å². The molecule has 0 saturated heterocycles. The number of hydrogen-bond acceptors (Lipinski definition) is 1. The Morgan fingerprint density at radius 3 is 2.06 bits per heavy atom. The average molecular weight is 463 g/mol. The third kappa shape index (κ3) is 4.63. The highest BCUT2D eigenvalue weighted by atomic mass is 35.5. The minimum atomic E-state index is -4.11. The summed E-state index contributed by atoms with van der Waals surface area (Å²) in [6.45, 7) is 1.78. The van der Waals surface area contributed by atoms with Crippen LogP contribution in [0.1, 0.15) is 24.5 Å².